The lowest BCUT2D eigenvalue weighted by molar-refractivity contribution is 0.771. The van der Waals surface area contributed by atoms with Crippen LogP contribution >= 0.6 is 31.9 Å². The summed E-state index contributed by atoms with van der Waals surface area (Å²) in [6, 6.07) is 0. The third kappa shape index (κ3) is 2.04. The zero-order valence-electron chi connectivity index (χ0n) is 8.91. The van der Waals surface area contributed by atoms with Gasteiger partial charge in [0.25, 0.3) is 5.95 Å². The molecule has 0 saturated carbocycles. The number of hydrogen-bond donors (Lipinski definition) is 0. The molecule has 0 bridgehead atoms. The molecule has 2 aromatic heterocycles. The Morgan fingerprint density at radius 3 is 2.31 bits per heavy atom. The molecule has 0 atom stereocenters. The predicted octanol–water partition coefficient (Wildman–Crippen LogP) is 2.94. The van der Waals surface area contributed by atoms with Crippen molar-refractivity contribution in [3.8, 4) is 5.95 Å². The molecule has 2 heterocycles. The van der Waals surface area contributed by atoms with Gasteiger partial charge in [-0.25, -0.2) is 14.6 Å². The van der Waals surface area contributed by atoms with Crippen LogP contribution in [0, 0.1) is 13.8 Å². The Hall–Kier alpha value is -0.750. The smallest absolute Gasteiger partial charge is 0.219 e. The van der Waals surface area contributed by atoms with E-state index in [1.54, 1.807) is 17.1 Å². The molecule has 84 valence electrons. The van der Waals surface area contributed by atoms with Gasteiger partial charge in [0, 0.05) is 17.7 Å². The molecular formula is C10H10Br2N4. The standard InChI is InChI=1S/C10H10Br2N4/c1-6-9(12)7(2)16(15-6)10-13-4-8(3-11)5-14-10/h4-5H,3H2,1-2H3. The maximum Gasteiger partial charge on any atom is 0.250 e. The number of aryl methyl sites for hydroxylation is 1. The second kappa shape index (κ2) is 4.63. The monoisotopic (exact) mass is 344 g/mol. The van der Waals surface area contributed by atoms with Gasteiger partial charge in [0.05, 0.1) is 15.9 Å². The molecule has 4 nitrogen and oxygen atoms in total. The first-order valence-corrected chi connectivity index (χ1v) is 6.64. The first-order chi connectivity index (χ1) is 7.63. The van der Waals surface area contributed by atoms with Gasteiger partial charge in [0.2, 0.25) is 0 Å². The number of alkyl halides is 1. The summed E-state index contributed by atoms with van der Waals surface area (Å²) in [5.74, 6) is 0.594. The molecule has 0 amide bonds. The highest BCUT2D eigenvalue weighted by Gasteiger charge is 2.11. The van der Waals surface area contributed by atoms with Gasteiger partial charge >= 0.3 is 0 Å². The van der Waals surface area contributed by atoms with Gasteiger partial charge in [-0.3, -0.25) is 0 Å². The lowest BCUT2D eigenvalue weighted by Gasteiger charge is -2.02. The summed E-state index contributed by atoms with van der Waals surface area (Å²) in [6.45, 7) is 3.92. The van der Waals surface area contributed by atoms with Gasteiger partial charge in [-0.1, -0.05) is 15.9 Å². The van der Waals surface area contributed by atoms with Crippen molar-refractivity contribution in [2.45, 2.75) is 19.2 Å². The molecule has 16 heavy (non-hydrogen) atoms. The van der Waals surface area contributed by atoms with E-state index in [-0.39, 0.29) is 0 Å². The highest BCUT2D eigenvalue weighted by Crippen LogP contribution is 2.21. The molecule has 0 aliphatic carbocycles. The molecule has 0 aliphatic heterocycles. The number of aromatic nitrogens is 4. The molecule has 0 fully saturated rings. The molecule has 2 aromatic rings. The van der Waals surface area contributed by atoms with E-state index in [0.717, 1.165) is 26.8 Å². The molecule has 0 unspecified atom stereocenters. The minimum absolute atomic E-state index is 0.594. The SMILES string of the molecule is Cc1nn(-c2ncc(CBr)cn2)c(C)c1Br. The summed E-state index contributed by atoms with van der Waals surface area (Å²) >= 11 is 6.84. The zero-order valence-corrected chi connectivity index (χ0v) is 12.1. The average Bonchev–Trinajstić information content (AvgIpc) is 2.57. The Balaban J connectivity index is 2.46. The minimum atomic E-state index is 0.594. The molecule has 0 spiro atoms. The fourth-order valence-electron chi connectivity index (χ4n) is 1.34. The van der Waals surface area contributed by atoms with Crippen LogP contribution in [-0.4, -0.2) is 19.7 Å². The highest BCUT2D eigenvalue weighted by atomic mass is 79.9. The Kier molecular flexibility index (Phi) is 3.39. The second-order valence-corrected chi connectivity index (χ2v) is 4.78. The van der Waals surface area contributed by atoms with Crippen molar-refractivity contribution in [3.63, 3.8) is 0 Å². The summed E-state index contributed by atoms with van der Waals surface area (Å²) < 4.78 is 2.73. The highest BCUT2D eigenvalue weighted by molar-refractivity contribution is 9.10. The van der Waals surface area contributed by atoms with Gasteiger partial charge in [0.15, 0.2) is 0 Å². The first-order valence-electron chi connectivity index (χ1n) is 4.72. The third-order valence-electron chi connectivity index (χ3n) is 2.24. The lowest BCUT2D eigenvalue weighted by Crippen LogP contribution is -2.04. The molecule has 0 N–H and O–H groups in total. The molecular weight excluding hydrogens is 336 g/mol. The fourth-order valence-corrected chi connectivity index (χ4v) is 1.88. The van der Waals surface area contributed by atoms with Crippen molar-refractivity contribution in [1.82, 2.24) is 19.7 Å². The van der Waals surface area contributed by atoms with Gasteiger partial charge in [0.1, 0.15) is 0 Å². The number of rotatable bonds is 2. The van der Waals surface area contributed by atoms with E-state index in [0.29, 0.717) is 5.95 Å². The van der Waals surface area contributed by atoms with Crippen LogP contribution in [0.2, 0.25) is 0 Å². The van der Waals surface area contributed by atoms with Crippen molar-refractivity contribution in [2.24, 2.45) is 0 Å². The van der Waals surface area contributed by atoms with Crippen molar-refractivity contribution >= 4 is 31.9 Å². The summed E-state index contributed by atoms with van der Waals surface area (Å²) in [4.78, 5) is 8.55. The van der Waals surface area contributed by atoms with Gasteiger partial charge in [-0.15, -0.1) is 0 Å². The van der Waals surface area contributed by atoms with E-state index < -0.39 is 0 Å². The van der Waals surface area contributed by atoms with E-state index in [9.17, 15) is 0 Å². The van der Waals surface area contributed by atoms with Crippen molar-refractivity contribution in [1.29, 1.82) is 0 Å². The summed E-state index contributed by atoms with van der Waals surface area (Å²) in [7, 11) is 0. The van der Waals surface area contributed by atoms with Crippen LogP contribution in [0.15, 0.2) is 16.9 Å². The van der Waals surface area contributed by atoms with Crippen molar-refractivity contribution < 1.29 is 0 Å². The topological polar surface area (TPSA) is 43.6 Å². The minimum Gasteiger partial charge on any atom is -0.219 e. The Labute approximate surface area is 110 Å². The Morgan fingerprint density at radius 2 is 1.88 bits per heavy atom. The maximum absolute atomic E-state index is 4.37. The molecule has 2 rings (SSSR count). The molecule has 0 saturated heterocycles. The zero-order chi connectivity index (χ0) is 11.7. The van der Waals surface area contributed by atoms with E-state index in [2.05, 4.69) is 46.9 Å². The van der Waals surface area contributed by atoms with Crippen LogP contribution in [0.1, 0.15) is 17.0 Å². The molecule has 0 aromatic carbocycles. The average molecular weight is 346 g/mol. The number of halogens is 2. The van der Waals surface area contributed by atoms with Crippen LogP contribution in [-0.2, 0) is 5.33 Å². The number of nitrogens with zero attached hydrogens (tertiary/aromatic N) is 4. The van der Waals surface area contributed by atoms with Crippen LogP contribution < -0.4 is 0 Å². The van der Waals surface area contributed by atoms with Crippen LogP contribution in [0.25, 0.3) is 5.95 Å². The van der Waals surface area contributed by atoms with Crippen LogP contribution in [0.4, 0.5) is 0 Å². The normalized spacial score (nSPS) is 10.8. The van der Waals surface area contributed by atoms with Crippen molar-refractivity contribution in [2.75, 3.05) is 0 Å². The van der Waals surface area contributed by atoms with E-state index in [1.807, 2.05) is 13.8 Å². The summed E-state index contributed by atoms with van der Waals surface area (Å²) in [5, 5.41) is 5.13. The Bertz CT molecular complexity index is 504. The van der Waals surface area contributed by atoms with Gasteiger partial charge in [-0.05, 0) is 35.3 Å². The number of hydrogen-bond acceptors (Lipinski definition) is 3. The molecule has 0 aliphatic rings. The first kappa shape index (κ1) is 11.7. The molecule has 0 radical (unpaired) electrons. The van der Waals surface area contributed by atoms with E-state index in [4.69, 9.17) is 0 Å². The molecule has 6 heteroatoms. The van der Waals surface area contributed by atoms with Gasteiger partial charge < -0.3 is 0 Å². The van der Waals surface area contributed by atoms with Crippen LogP contribution in [0.3, 0.4) is 0 Å². The van der Waals surface area contributed by atoms with E-state index >= 15 is 0 Å². The van der Waals surface area contributed by atoms with E-state index in [1.165, 1.54) is 0 Å². The summed E-state index contributed by atoms with van der Waals surface area (Å²) in [5.41, 5.74) is 2.99. The second-order valence-electron chi connectivity index (χ2n) is 3.42. The quantitative estimate of drug-likeness (QED) is 0.786. The maximum atomic E-state index is 4.37. The lowest BCUT2D eigenvalue weighted by atomic mass is 10.4. The van der Waals surface area contributed by atoms with Crippen molar-refractivity contribution in [3.05, 3.63) is 33.8 Å². The fraction of sp³-hybridized carbons (Fsp3) is 0.300. The van der Waals surface area contributed by atoms with Crippen LogP contribution in [0.5, 0.6) is 0 Å². The summed E-state index contributed by atoms with van der Waals surface area (Å²) in [6.07, 6.45) is 3.59. The predicted molar refractivity (Wildman–Crippen MR) is 69.0 cm³/mol. The Morgan fingerprint density at radius 1 is 1.25 bits per heavy atom. The largest absolute Gasteiger partial charge is 0.250 e. The van der Waals surface area contributed by atoms with Gasteiger partial charge in [-0.2, -0.15) is 5.10 Å². The third-order valence-corrected chi connectivity index (χ3v) is 4.03.